The number of hydrogen-bond donors (Lipinski definition) is 1. The van der Waals surface area contributed by atoms with Crippen LogP contribution in [0.3, 0.4) is 0 Å². The standard InChI is InChI=1S/C20H29N5O/c26-20(17-12-13-21-19(14-17)25-15-22-23-16-25)24-18-10-8-6-4-2-1-3-5-7-9-11-18/h12-16,18H,1-11H2,(H,24,26). The van der Waals surface area contributed by atoms with Crippen molar-refractivity contribution in [2.24, 2.45) is 0 Å². The molecular weight excluding hydrogens is 326 g/mol. The highest BCUT2D eigenvalue weighted by atomic mass is 16.1. The summed E-state index contributed by atoms with van der Waals surface area (Å²) < 4.78 is 1.70. The second-order valence-corrected chi connectivity index (χ2v) is 7.20. The van der Waals surface area contributed by atoms with Crippen LogP contribution in [0.25, 0.3) is 5.82 Å². The topological polar surface area (TPSA) is 72.7 Å². The Morgan fingerprint density at radius 1 is 0.923 bits per heavy atom. The maximum Gasteiger partial charge on any atom is 0.251 e. The molecule has 6 heteroatoms. The highest BCUT2D eigenvalue weighted by Crippen LogP contribution is 2.17. The first kappa shape index (κ1) is 18.5. The third-order valence-electron chi connectivity index (χ3n) is 5.13. The lowest BCUT2D eigenvalue weighted by atomic mass is 9.97. The number of nitrogens with one attached hydrogen (secondary N) is 1. The normalized spacial score (nSPS) is 17.8. The molecule has 140 valence electrons. The number of carbonyl (C=O) groups excluding carboxylic acids is 1. The number of carbonyl (C=O) groups is 1. The average Bonchev–Trinajstić information content (AvgIpc) is 3.19. The Balaban J connectivity index is 1.60. The van der Waals surface area contributed by atoms with Crippen LogP contribution in [0.5, 0.6) is 0 Å². The zero-order valence-corrected chi connectivity index (χ0v) is 15.4. The number of amides is 1. The summed E-state index contributed by atoms with van der Waals surface area (Å²) in [5.74, 6) is 0.639. The van der Waals surface area contributed by atoms with E-state index in [4.69, 9.17) is 0 Å². The van der Waals surface area contributed by atoms with E-state index < -0.39 is 0 Å². The van der Waals surface area contributed by atoms with Gasteiger partial charge in [-0.15, -0.1) is 10.2 Å². The molecule has 3 rings (SSSR count). The molecular formula is C20H29N5O. The molecule has 0 aliphatic heterocycles. The van der Waals surface area contributed by atoms with Gasteiger partial charge in [0.2, 0.25) is 0 Å². The molecule has 0 spiro atoms. The molecule has 26 heavy (non-hydrogen) atoms. The van der Waals surface area contributed by atoms with Crippen LogP contribution in [0.15, 0.2) is 31.0 Å². The lowest BCUT2D eigenvalue weighted by Gasteiger charge is -2.19. The molecule has 1 fully saturated rings. The largest absolute Gasteiger partial charge is 0.349 e. The lowest BCUT2D eigenvalue weighted by molar-refractivity contribution is 0.0931. The van der Waals surface area contributed by atoms with Gasteiger partial charge in [-0.2, -0.15) is 0 Å². The molecule has 0 saturated heterocycles. The van der Waals surface area contributed by atoms with Gasteiger partial charge in [0.1, 0.15) is 18.5 Å². The Morgan fingerprint density at radius 2 is 1.50 bits per heavy atom. The van der Waals surface area contributed by atoms with E-state index in [1.165, 1.54) is 57.8 Å². The van der Waals surface area contributed by atoms with Crippen LogP contribution >= 0.6 is 0 Å². The van der Waals surface area contributed by atoms with Crippen LogP contribution in [0.4, 0.5) is 0 Å². The third kappa shape index (κ3) is 5.64. The molecule has 0 unspecified atom stereocenters. The molecule has 0 bridgehead atoms. The zero-order valence-electron chi connectivity index (χ0n) is 15.4. The van der Waals surface area contributed by atoms with E-state index in [1.54, 1.807) is 35.6 Å². The van der Waals surface area contributed by atoms with E-state index >= 15 is 0 Å². The minimum absolute atomic E-state index is 0.0150. The van der Waals surface area contributed by atoms with Crippen LogP contribution in [-0.2, 0) is 0 Å². The van der Waals surface area contributed by atoms with Gasteiger partial charge in [0, 0.05) is 17.8 Å². The molecule has 0 aromatic carbocycles. The predicted octanol–water partition coefficient (Wildman–Crippen LogP) is 4.07. The van der Waals surface area contributed by atoms with Gasteiger partial charge in [-0.1, -0.05) is 57.8 Å². The molecule has 0 atom stereocenters. The summed E-state index contributed by atoms with van der Waals surface area (Å²) in [5, 5.41) is 10.8. The Bertz CT molecular complexity index is 659. The smallest absolute Gasteiger partial charge is 0.251 e. The maximum absolute atomic E-state index is 12.7. The molecule has 2 aromatic heterocycles. The second kappa shape index (κ2) is 10.0. The fraction of sp³-hybridized carbons (Fsp3) is 0.600. The molecule has 1 amide bonds. The highest BCUT2D eigenvalue weighted by Gasteiger charge is 2.15. The molecule has 1 saturated carbocycles. The van der Waals surface area contributed by atoms with E-state index in [-0.39, 0.29) is 11.9 Å². The first-order valence-corrected chi connectivity index (χ1v) is 9.95. The van der Waals surface area contributed by atoms with E-state index in [1.807, 2.05) is 0 Å². The number of pyridine rings is 1. The van der Waals surface area contributed by atoms with Crippen LogP contribution in [0.2, 0.25) is 0 Å². The molecule has 1 aliphatic rings. The fourth-order valence-electron chi connectivity index (χ4n) is 3.60. The van der Waals surface area contributed by atoms with Gasteiger partial charge in [0.15, 0.2) is 0 Å². The van der Waals surface area contributed by atoms with Crippen molar-refractivity contribution in [3.63, 3.8) is 0 Å². The van der Waals surface area contributed by atoms with E-state index in [0.717, 1.165) is 12.8 Å². The average molecular weight is 355 g/mol. The van der Waals surface area contributed by atoms with Crippen molar-refractivity contribution in [3.8, 4) is 5.82 Å². The van der Waals surface area contributed by atoms with Crippen molar-refractivity contribution in [2.75, 3.05) is 0 Å². The summed E-state index contributed by atoms with van der Waals surface area (Å²) in [7, 11) is 0. The van der Waals surface area contributed by atoms with Gasteiger partial charge >= 0.3 is 0 Å². The van der Waals surface area contributed by atoms with E-state index in [2.05, 4.69) is 20.5 Å². The van der Waals surface area contributed by atoms with Gasteiger partial charge in [0.05, 0.1) is 0 Å². The number of rotatable bonds is 3. The van der Waals surface area contributed by atoms with Crippen LogP contribution in [-0.4, -0.2) is 31.7 Å². The molecule has 1 aliphatic carbocycles. The Labute approximate surface area is 155 Å². The van der Waals surface area contributed by atoms with Crippen LogP contribution in [0, 0.1) is 0 Å². The quantitative estimate of drug-likeness (QED) is 0.901. The Hall–Kier alpha value is -2.24. The summed E-state index contributed by atoms with van der Waals surface area (Å²) in [5.41, 5.74) is 0.634. The SMILES string of the molecule is O=C(NC1CCCCCCCCCCC1)c1ccnc(-n2cnnc2)c1. The minimum Gasteiger partial charge on any atom is -0.349 e. The number of nitrogens with zero attached hydrogens (tertiary/aromatic N) is 4. The minimum atomic E-state index is -0.0150. The fourth-order valence-corrected chi connectivity index (χ4v) is 3.60. The Kier molecular flexibility index (Phi) is 7.16. The summed E-state index contributed by atoms with van der Waals surface area (Å²) in [4.78, 5) is 17.0. The van der Waals surface area contributed by atoms with Crippen molar-refractivity contribution in [2.45, 2.75) is 76.7 Å². The van der Waals surface area contributed by atoms with Crippen molar-refractivity contribution < 1.29 is 4.79 Å². The molecule has 2 aromatic rings. The van der Waals surface area contributed by atoms with Gasteiger partial charge < -0.3 is 5.32 Å². The second-order valence-electron chi connectivity index (χ2n) is 7.20. The summed E-state index contributed by atoms with van der Waals surface area (Å²) in [6.07, 6.45) is 18.7. The zero-order chi connectivity index (χ0) is 18.0. The third-order valence-corrected chi connectivity index (χ3v) is 5.13. The van der Waals surface area contributed by atoms with Crippen molar-refractivity contribution in [1.82, 2.24) is 25.1 Å². The van der Waals surface area contributed by atoms with E-state index in [0.29, 0.717) is 11.4 Å². The lowest BCUT2D eigenvalue weighted by Crippen LogP contribution is -2.35. The van der Waals surface area contributed by atoms with Crippen molar-refractivity contribution >= 4 is 5.91 Å². The molecule has 1 N–H and O–H groups in total. The molecule has 0 radical (unpaired) electrons. The van der Waals surface area contributed by atoms with Crippen LogP contribution in [0.1, 0.15) is 81.0 Å². The van der Waals surface area contributed by atoms with Gasteiger partial charge in [-0.05, 0) is 25.0 Å². The first-order chi connectivity index (χ1) is 12.8. The van der Waals surface area contributed by atoms with Crippen molar-refractivity contribution in [3.05, 3.63) is 36.5 Å². The number of hydrogen-bond acceptors (Lipinski definition) is 4. The highest BCUT2D eigenvalue weighted by molar-refractivity contribution is 5.94. The summed E-state index contributed by atoms with van der Waals surface area (Å²) in [6.45, 7) is 0. The summed E-state index contributed by atoms with van der Waals surface area (Å²) >= 11 is 0. The van der Waals surface area contributed by atoms with Gasteiger partial charge in [0.25, 0.3) is 5.91 Å². The van der Waals surface area contributed by atoms with E-state index in [9.17, 15) is 4.79 Å². The van der Waals surface area contributed by atoms with Gasteiger partial charge in [-0.3, -0.25) is 9.36 Å². The van der Waals surface area contributed by atoms with Crippen molar-refractivity contribution in [1.29, 1.82) is 0 Å². The predicted molar refractivity (Wildman–Crippen MR) is 101 cm³/mol. The monoisotopic (exact) mass is 355 g/mol. The van der Waals surface area contributed by atoms with Gasteiger partial charge in [-0.25, -0.2) is 4.98 Å². The first-order valence-electron chi connectivity index (χ1n) is 9.95. The maximum atomic E-state index is 12.7. The number of aromatic nitrogens is 4. The molecule has 2 heterocycles. The summed E-state index contributed by atoms with van der Waals surface area (Å²) in [6, 6.07) is 3.82. The molecule has 6 nitrogen and oxygen atoms in total. The van der Waals surface area contributed by atoms with Crippen LogP contribution < -0.4 is 5.32 Å². The Morgan fingerprint density at radius 3 is 2.12 bits per heavy atom.